The van der Waals surface area contributed by atoms with Crippen molar-refractivity contribution in [2.45, 2.75) is 18.8 Å². The Morgan fingerprint density at radius 2 is 1.42 bits per heavy atom. The van der Waals surface area contributed by atoms with E-state index in [9.17, 15) is 31.1 Å². The zero-order chi connectivity index (χ0) is 14.8. The number of hydrogen-bond donors (Lipinski definition) is 1. The van der Waals surface area contributed by atoms with Gasteiger partial charge in [-0.3, -0.25) is 4.79 Å². The molecular formula is C11H7F6NO. The molecule has 0 saturated heterocycles. The predicted octanol–water partition coefficient (Wildman–Crippen LogP) is 3.49. The fourth-order valence-corrected chi connectivity index (χ4v) is 1.37. The zero-order valence-electron chi connectivity index (χ0n) is 9.19. The first-order chi connectivity index (χ1) is 8.54. The fraction of sp³-hybridized carbons (Fsp3) is 0.273. The summed E-state index contributed by atoms with van der Waals surface area (Å²) in [6.45, 7) is 0. The van der Waals surface area contributed by atoms with Crippen LogP contribution in [0.2, 0.25) is 0 Å². The van der Waals surface area contributed by atoms with Gasteiger partial charge in [0.1, 0.15) is 0 Å². The van der Waals surface area contributed by atoms with E-state index in [1.54, 1.807) is 0 Å². The number of hydrogen-bond acceptors (Lipinski definition) is 2. The van der Waals surface area contributed by atoms with Gasteiger partial charge >= 0.3 is 12.4 Å². The number of nitrogens with one attached hydrogen (secondary N) is 1. The lowest BCUT2D eigenvalue weighted by molar-refractivity contribution is -0.143. The van der Waals surface area contributed by atoms with E-state index in [2.05, 4.69) is 0 Å². The molecule has 1 aromatic rings. The molecule has 0 atom stereocenters. The SMILES string of the molecule is N=CC(=O)Cc1cc(C(F)(F)F)cc(C(F)(F)F)c1. The third-order valence-electron chi connectivity index (χ3n) is 2.19. The van der Waals surface area contributed by atoms with Crippen molar-refractivity contribution >= 4 is 12.0 Å². The van der Waals surface area contributed by atoms with Crippen molar-refractivity contribution in [2.75, 3.05) is 0 Å². The first kappa shape index (κ1) is 15.2. The smallest absolute Gasteiger partial charge is 0.305 e. The van der Waals surface area contributed by atoms with E-state index in [0.29, 0.717) is 18.3 Å². The molecule has 0 saturated carbocycles. The van der Waals surface area contributed by atoms with Crippen LogP contribution in [-0.4, -0.2) is 12.0 Å². The number of carbonyl (C=O) groups excluding carboxylic acids is 1. The average Bonchev–Trinajstić information content (AvgIpc) is 2.26. The molecule has 0 aromatic heterocycles. The number of rotatable bonds is 3. The van der Waals surface area contributed by atoms with Crippen LogP contribution in [0.3, 0.4) is 0 Å². The molecule has 19 heavy (non-hydrogen) atoms. The van der Waals surface area contributed by atoms with Crippen LogP contribution >= 0.6 is 0 Å². The molecule has 0 aliphatic rings. The molecular weight excluding hydrogens is 276 g/mol. The number of halogens is 6. The summed E-state index contributed by atoms with van der Waals surface area (Å²) in [5, 5.41) is 6.59. The average molecular weight is 283 g/mol. The molecule has 0 aliphatic heterocycles. The Labute approximate surface area is 103 Å². The molecule has 1 rings (SSSR count). The van der Waals surface area contributed by atoms with Gasteiger partial charge in [0.05, 0.1) is 17.3 Å². The number of carbonyl (C=O) groups is 1. The van der Waals surface area contributed by atoms with E-state index in [4.69, 9.17) is 5.41 Å². The van der Waals surface area contributed by atoms with Gasteiger partial charge in [-0.25, -0.2) is 0 Å². The van der Waals surface area contributed by atoms with E-state index >= 15 is 0 Å². The molecule has 1 aromatic carbocycles. The van der Waals surface area contributed by atoms with E-state index in [1.165, 1.54) is 0 Å². The van der Waals surface area contributed by atoms with Crippen LogP contribution in [0.25, 0.3) is 0 Å². The highest BCUT2D eigenvalue weighted by atomic mass is 19.4. The van der Waals surface area contributed by atoms with Gasteiger partial charge in [0.25, 0.3) is 0 Å². The molecule has 8 heteroatoms. The molecule has 0 aliphatic carbocycles. The lowest BCUT2D eigenvalue weighted by Gasteiger charge is -2.13. The minimum atomic E-state index is -4.94. The second-order valence-corrected chi connectivity index (χ2v) is 3.70. The van der Waals surface area contributed by atoms with Crippen LogP contribution in [0.1, 0.15) is 16.7 Å². The minimum absolute atomic E-state index is 0.0155. The van der Waals surface area contributed by atoms with E-state index in [0.717, 1.165) is 0 Å². The molecule has 0 fully saturated rings. The van der Waals surface area contributed by atoms with Gasteiger partial charge in [-0.05, 0) is 23.8 Å². The quantitative estimate of drug-likeness (QED) is 0.669. The largest absolute Gasteiger partial charge is 0.416 e. The molecule has 0 amide bonds. The van der Waals surface area contributed by atoms with Crippen molar-refractivity contribution in [1.29, 1.82) is 5.41 Å². The number of alkyl halides is 6. The maximum Gasteiger partial charge on any atom is 0.416 e. The Bertz CT molecular complexity index is 471. The monoisotopic (exact) mass is 283 g/mol. The normalized spacial score (nSPS) is 12.3. The molecule has 0 bridgehead atoms. The summed E-state index contributed by atoms with van der Waals surface area (Å²) in [5.41, 5.74) is -3.39. The Morgan fingerprint density at radius 3 is 1.74 bits per heavy atom. The standard InChI is InChI=1S/C11H7F6NO/c12-10(13,14)7-1-6(3-9(19)5-18)2-8(4-7)11(15,16)17/h1-2,4-5,18H,3H2. The van der Waals surface area contributed by atoms with Crippen LogP contribution < -0.4 is 0 Å². The lowest BCUT2D eigenvalue weighted by atomic mass is 10.0. The van der Waals surface area contributed by atoms with Crippen molar-refractivity contribution in [1.82, 2.24) is 0 Å². The Balaban J connectivity index is 3.32. The van der Waals surface area contributed by atoms with Gasteiger partial charge in [0.15, 0.2) is 5.78 Å². The first-order valence-electron chi connectivity index (χ1n) is 4.85. The highest BCUT2D eigenvalue weighted by Crippen LogP contribution is 2.36. The number of ketones is 1. The highest BCUT2D eigenvalue weighted by molar-refractivity contribution is 6.26. The van der Waals surface area contributed by atoms with Crippen molar-refractivity contribution in [3.05, 3.63) is 34.9 Å². The Morgan fingerprint density at radius 1 is 1.00 bits per heavy atom. The zero-order valence-corrected chi connectivity index (χ0v) is 9.19. The summed E-state index contributed by atoms with van der Waals surface area (Å²) in [4.78, 5) is 10.9. The Hall–Kier alpha value is -1.86. The van der Waals surface area contributed by atoms with E-state index in [1.807, 2.05) is 0 Å². The second-order valence-electron chi connectivity index (χ2n) is 3.70. The van der Waals surface area contributed by atoms with Crippen molar-refractivity contribution in [3.8, 4) is 0 Å². The van der Waals surface area contributed by atoms with E-state index < -0.39 is 41.2 Å². The molecule has 0 heterocycles. The summed E-state index contributed by atoms with van der Waals surface area (Å²) in [6, 6.07) is 0.922. The summed E-state index contributed by atoms with van der Waals surface area (Å²) < 4.78 is 74.7. The third kappa shape index (κ3) is 4.08. The summed E-state index contributed by atoms with van der Waals surface area (Å²) in [5.74, 6) is -0.882. The summed E-state index contributed by atoms with van der Waals surface area (Å²) in [7, 11) is 0. The summed E-state index contributed by atoms with van der Waals surface area (Å²) >= 11 is 0. The molecule has 0 radical (unpaired) electrons. The number of benzene rings is 1. The van der Waals surface area contributed by atoms with Crippen LogP contribution in [-0.2, 0) is 23.6 Å². The van der Waals surface area contributed by atoms with Gasteiger partial charge in [0, 0.05) is 6.42 Å². The van der Waals surface area contributed by atoms with Crippen LogP contribution in [0, 0.1) is 5.41 Å². The van der Waals surface area contributed by atoms with Crippen molar-refractivity contribution < 1.29 is 31.1 Å². The Kier molecular flexibility index (Phi) is 4.02. The van der Waals surface area contributed by atoms with Crippen molar-refractivity contribution in [3.63, 3.8) is 0 Å². The molecule has 104 valence electrons. The minimum Gasteiger partial charge on any atom is -0.305 e. The van der Waals surface area contributed by atoms with Crippen LogP contribution in [0.4, 0.5) is 26.3 Å². The van der Waals surface area contributed by atoms with Crippen LogP contribution in [0.5, 0.6) is 0 Å². The van der Waals surface area contributed by atoms with Gasteiger partial charge in [-0.2, -0.15) is 26.3 Å². The maximum absolute atomic E-state index is 12.5. The highest BCUT2D eigenvalue weighted by Gasteiger charge is 2.36. The van der Waals surface area contributed by atoms with Crippen LogP contribution in [0.15, 0.2) is 18.2 Å². The van der Waals surface area contributed by atoms with Crippen molar-refractivity contribution in [2.24, 2.45) is 0 Å². The molecule has 1 N–H and O–H groups in total. The first-order valence-corrected chi connectivity index (χ1v) is 4.85. The van der Waals surface area contributed by atoms with Gasteiger partial charge < -0.3 is 5.41 Å². The topological polar surface area (TPSA) is 40.9 Å². The lowest BCUT2D eigenvalue weighted by Crippen LogP contribution is -2.13. The summed E-state index contributed by atoms with van der Waals surface area (Å²) in [6.07, 6.45) is -10.2. The third-order valence-corrected chi connectivity index (χ3v) is 2.19. The second kappa shape index (κ2) is 5.02. The van der Waals surface area contributed by atoms with Gasteiger partial charge in [0.2, 0.25) is 0 Å². The van der Waals surface area contributed by atoms with Gasteiger partial charge in [-0.15, -0.1) is 0 Å². The van der Waals surface area contributed by atoms with Gasteiger partial charge in [-0.1, -0.05) is 0 Å². The number of Topliss-reactive ketones (excluding diaryl/α,β-unsaturated/α-hetero) is 1. The van der Waals surface area contributed by atoms with E-state index in [-0.39, 0.29) is 6.07 Å². The fourth-order valence-electron chi connectivity index (χ4n) is 1.37. The predicted molar refractivity (Wildman–Crippen MR) is 53.9 cm³/mol. The maximum atomic E-state index is 12.5. The molecule has 0 unspecified atom stereocenters. The molecule has 2 nitrogen and oxygen atoms in total. The molecule has 0 spiro atoms.